The van der Waals surface area contributed by atoms with Crippen molar-refractivity contribution in [3.8, 4) is 0 Å². The Morgan fingerprint density at radius 3 is 2.41 bits per heavy atom. The lowest BCUT2D eigenvalue weighted by Crippen LogP contribution is -2.51. The molecule has 1 saturated heterocycles. The van der Waals surface area contributed by atoms with Crippen molar-refractivity contribution in [3.63, 3.8) is 0 Å². The number of rotatable bonds is 6. The molecule has 5 heteroatoms. The third-order valence-corrected chi connectivity index (χ3v) is 3.44. The van der Waals surface area contributed by atoms with E-state index in [0.29, 0.717) is 13.1 Å². The monoisotopic (exact) mass is 252 g/mol. The smallest absolute Gasteiger partial charge is 0.310 e. The summed E-state index contributed by atoms with van der Waals surface area (Å²) in [4.78, 5) is 1.51. The van der Waals surface area contributed by atoms with Gasteiger partial charge in [-0.05, 0) is 32.4 Å². The van der Waals surface area contributed by atoms with Gasteiger partial charge in [0.25, 0.3) is 0 Å². The summed E-state index contributed by atoms with van der Waals surface area (Å²) in [5, 5.41) is 3.41. The standard InChI is InChI=1S/C12H23F3N2/c1-3-6-11(7-5-8-16-11)9-17(4-2)10-12(13,14)15/h16H,3-10H2,1-2H3. The highest BCUT2D eigenvalue weighted by Crippen LogP contribution is 2.27. The normalized spacial score (nSPS) is 25.8. The van der Waals surface area contributed by atoms with Gasteiger partial charge in [-0.1, -0.05) is 20.3 Å². The molecule has 1 fully saturated rings. The van der Waals surface area contributed by atoms with Crippen molar-refractivity contribution in [1.82, 2.24) is 10.2 Å². The fourth-order valence-electron chi connectivity index (χ4n) is 2.74. The zero-order chi connectivity index (χ0) is 12.9. The van der Waals surface area contributed by atoms with Crippen molar-refractivity contribution in [3.05, 3.63) is 0 Å². The van der Waals surface area contributed by atoms with Gasteiger partial charge < -0.3 is 5.32 Å². The maximum Gasteiger partial charge on any atom is 0.401 e. The molecule has 0 spiro atoms. The topological polar surface area (TPSA) is 15.3 Å². The predicted octanol–water partition coefficient (Wildman–Crippen LogP) is 2.79. The fraction of sp³-hybridized carbons (Fsp3) is 1.00. The van der Waals surface area contributed by atoms with Gasteiger partial charge in [-0.15, -0.1) is 0 Å². The Kier molecular flexibility index (Phi) is 5.25. The highest BCUT2D eigenvalue weighted by Gasteiger charge is 2.37. The van der Waals surface area contributed by atoms with Crippen LogP contribution in [0, 0.1) is 0 Å². The molecule has 0 aromatic heterocycles. The first-order chi connectivity index (χ1) is 7.91. The van der Waals surface area contributed by atoms with Gasteiger partial charge in [0.15, 0.2) is 0 Å². The van der Waals surface area contributed by atoms with Crippen LogP contribution in [0.4, 0.5) is 13.2 Å². The molecule has 1 N–H and O–H groups in total. The highest BCUT2D eigenvalue weighted by molar-refractivity contribution is 4.95. The van der Waals surface area contributed by atoms with E-state index in [0.717, 1.165) is 32.2 Å². The largest absolute Gasteiger partial charge is 0.401 e. The van der Waals surface area contributed by atoms with E-state index in [1.165, 1.54) is 4.90 Å². The molecule has 1 atom stereocenters. The Morgan fingerprint density at radius 2 is 2.00 bits per heavy atom. The molecule has 2 nitrogen and oxygen atoms in total. The summed E-state index contributed by atoms with van der Waals surface area (Å²) in [5.41, 5.74) is -0.0873. The summed E-state index contributed by atoms with van der Waals surface area (Å²) in [5.74, 6) is 0. The molecular formula is C12H23F3N2. The Balaban J connectivity index is 2.57. The van der Waals surface area contributed by atoms with Crippen LogP contribution in [0.5, 0.6) is 0 Å². The van der Waals surface area contributed by atoms with Crippen LogP contribution in [-0.2, 0) is 0 Å². The molecule has 102 valence electrons. The predicted molar refractivity (Wildman–Crippen MR) is 63.0 cm³/mol. The maximum atomic E-state index is 12.4. The summed E-state index contributed by atoms with van der Waals surface area (Å²) in [6.45, 7) is 4.98. The summed E-state index contributed by atoms with van der Waals surface area (Å²) in [6, 6.07) is 0. The summed E-state index contributed by atoms with van der Waals surface area (Å²) < 4.78 is 37.2. The lowest BCUT2D eigenvalue weighted by atomic mass is 9.91. The number of hydrogen-bond acceptors (Lipinski definition) is 2. The average Bonchev–Trinajstić information content (AvgIpc) is 2.64. The lowest BCUT2D eigenvalue weighted by Gasteiger charge is -2.35. The minimum absolute atomic E-state index is 0.0873. The average molecular weight is 252 g/mol. The summed E-state index contributed by atoms with van der Waals surface area (Å²) in [6.07, 6.45) is -0.0568. The van der Waals surface area contributed by atoms with E-state index < -0.39 is 12.7 Å². The van der Waals surface area contributed by atoms with Gasteiger partial charge >= 0.3 is 6.18 Å². The van der Waals surface area contributed by atoms with Gasteiger partial charge in [-0.25, -0.2) is 0 Å². The van der Waals surface area contributed by atoms with E-state index in [9.17, 15) is 13.2 Å². The lowest BCUT2D eigenvalue weighted by molar-refractivity contribution is -0.147. The van der Waals surface area contributed by atoms with Crippen molar-refractivity contribution >= 4 is 0 Å². The number of nitrogens with zero attached hydrogens (tertiary/aromatic N) is 1. The Hall–Kier alpha value is -0.290. The van der Waals surface area contributed by atoms with Crippen LogP contribution in [0.2, 0.25) is 0 Å². The molecule has 1 unspecified atom stereocenters. The molecule has 1 aliphatic heterocycles. The molecule has 1 rings (SSSR count). The first-order valence-electron chi connectivity index (χ1n) is 6.45. The van der Waals surface area contributed by atoms with Gasteiger partial charge in [0.2, 0.25) is 0 Å². The van der Waals surface area contributed by atoms with Gasteiger partial charge in [-0.2, -0.15) is 13.2 Å². The molecule has 0 aromatic carbocycles. The second-order valence-electron chi connectivity index (χ2n) is 4.98. The minimum atomic E-state index is -4.10. The Labute approximate surface area is 102 Å². The van der Waals surface area contributed by atoms with Crippen LogP contribution in [0.15, 0.2) is 0 Å². The van der Waals surface area contributed by atoms with E-state index in [1.54, 1.807) is 6.92 Å². The first kappa shape index (κ1) is 14.8. The SMILES string of the molecule is CCCC1(CN(CC)CC(F)(F)F)CCCN1. The third kappa shape index (κ3) is 4.84. The van der Waals surface area contributed by atoms with Crippen molar-refractivity contribution in [2.24, 2.45) is 0 Å². The minimum Gasteiger partial charge on any atom is -0.310 e. The first-order valence-corrected chi connectivity index (χ1v) is 6.45. The maximum absolute atomic E-state index is 12.4. The van der Waals surface area contributed by atoms with Gasteiger partial charge in [0.05, 0.1) is 6.54 Å². The van der Waals surface area contributed by atoms with Crippen molar-refractivity contribution < 1.29 is 13.2 Å². The van der Waals surface area contributed by atoms with Gasteiger partial charge in [-0.3, -0.25) is 4.90 Å². The molecule has 0 radical (unpaired) electrons. The number of nitrogens with one attached hydrogen (secondary N) is 1. The molecule has 1 aliphatic rings. The fourth-order valence-corrected chi connectivity index (χ4v) is 2.74. The highest BCUT2D eigenvalue weighted by atomic mass is 19.4. The number of halogens is 3. The molecule has 0 aromatic rings. The van der Waals surface area contributed by atoms with Crippen molar-refractivity contribution in [2.45, 2.75) is 51.2 Å². The molecule has 0 aliphatic carbocycles. The number of likely N-dealkylation sites (N-methyl/N-ethyl adjacent to an activating group) is 1. The van der Waals surface area contributed by atoms with E-state index in [4.69, 9.17) is 0 Å². The second kappa shape index (κ2) is 6.05. The molecule has 1 heterocycles. The summed E-state index contributed by atoms with van der Waals surface area (Å²) >= 11 is 0. The number of alkyl halides is 3. The molecule has 0 bridgehead atoms. The zero-order valence-corrected chi connectivity index (χ0v) is 10.7. The molecular weight excluding hydrogens is 229 g/mol. The summed E-state index contributed by atoms with van der Waals surface area (Å²) in [7, 11) is 0. The van der Waals surface area contributed by atoms with Gasteiger partial charge in [0, 0.05) is 12.1 Å². The van der Waals surface area contributed by atoms with E-state index in [-0.39, 0.29) is 5.54 Å². The number of hydrogen-bond donors (Lipinski definition) is 1. The zero-order valence-electron chi connectivity index (χ0n) is 10.7. The third-order valence-electron chi connectivity index (χ3n) is 3.44. The van der Waals surface area contributed by atoms with Crippen LogP contribution in [0.1, 0.15) is 39.5 Å². The van der Waals surface area contributed by atoms with Crippen LogP contribution in [0.3, 0.4) is 0 Å². The van der Waals surface area contributed by atoms with Crippen LogP contribution in [-0.4, -0.2) is 42.8 Å². The van der Waals surface area contributed by atoms with Crippen LogP contribution in [0.25, 0.3) is 0 Å². The Bertz CT molecular complexity index is 222. The van der Waals surface area contributed by atoms with E-state index >= 15 is 0 Å². The van der Waals surface area contributed by atoms with Gasteiger partial charge in [0.1, 0.15) is 0 Å². The van der Waals surface area contributed by atoms with Crippen molar-refractivity contribution in [2.75, 3.05) is 26.2 Å². The molecule has 0 saturated carbocycles. The second-order valence-corrected chi connectivity index (χ2v) is 4.98. The molecule has 0 amide bonds. The van der Waals surface area contributed by atoms with E-state index in [2.05, 4.69) is 12.2 Å². The quantitative estimate of drug-likeness (QED) is 0.782. The molecule has 17 heavy (non-hydrogen) atoms. The van der Waals surface area contributed by atoms with Crippen LogP contribution < -0.4 is 5.32 Å². The van der Waals surface area contributed by atoms with E-state index in [1.807, 2.05) is 0 Å². The van der Waals surface area contributed by atoms with Crippen molar-refractivity contribution in [1.29, 1.82) is 0 Å². The Morgan fingerprint density at radius 1 is 1.29 bits per heavy atom. The van der Waals surface area contributed by atoms with Crippen LogP contribution >= 0.6 is 0 Å².